The molecule has 370 valence electrons. The molecule has 0 spiro atoms. The molecular formula is C37H33N9O20S4. The van der Waals surface area contributed by atoms with Crippen LogP contribution in [-0.4, -0.2) is 122 Å². The van der Waals surface area contributed by atoms with Gasteiger partial charge in [-0.05, 0) is 61.0 Å². The van der Waals surface area contributed by atoms with E-state index in [2.05, 4.69) is 35.8 Å². The van der Waals surface area contributed by atoms with Crippen LogP contribution in [0.2, 0.25) is 0 Å². The Balaban J connectivity index is 1.45. The van der Waals surface area contributed by atoms with Gasteiger partial charge in [-0.25, -0.2) is 0 Å². The van der Waals surface area contributed by atoms with Gasteiger partial charge < -0.3 is 35.6 Å². The Hall–Kier alpha value is -7.47. The average Bonchev–Trinajstić information content (AvgIpc) is 3.60. The van der Waals surface area contributed by atoms with Crippen LogP contribution in [0.4, 0.5) is 34.1 Å². The first-order chi connectivity index (χ1) is 32.6. The number of carbonyl (C=O) groups excluding carboxylic acids is 2. The number of phenolic OH excluding ortho intramolecular Hbond substituents is 2. The molecule has 1 aliphatic heterocycles. The van der Waals surface area contributed by atoms with E-state index in [-0.39, 0.29) is 39.8 Å². The number of hydrazone groups is 1. The minimum Gasteiger partial charge on any atom is -0.506 e. The number of azo groups is 3. The highest BCUT2D eigenvalue weighted by Gasteiger charge is 2.40. The molecule has 1 atom stereocenters. The Morgan fingerprint density at radius 2 is 1.23 bits per heavy atom. The zero-order chi connectivity index (χ0) is 51.7. The quantitative estimate of drug-likeness (QED) is 0.0448. The lowest BCUT2D eigenvalue weighted by atomic mass is 10.1. The number of aliphatic hydroxyl groups is 2. The monoisotopic (exact) mass is 1050 g/mol. The molecule has 5 aromatic carbocycles. The molecule has 10 N–H and O–H groups in total. The van der Waals surface area contributed by atoms with Gasteiger partial charge >= 0.3 is 0 Å². The predicted octanol–water partition coefficient (Wildman–Crippen LogP) is 3.46. The molecule has 0 aromatic heterocycles. The van der Waals surface area contributed by atoms with E-state index < -0.39 is 144 Å². The molecule has 0 radical (unpaired) electrons. The molecule has 0 fully saturated rings. The molecule has 1 heterocycles. The first-order valence-electron chi connectivity index (χ1n) is 18.9. The first kappa shape index (κ1) is 51.9. The Kier molecular flexibility index (Phi) is 14.7. The number of anilines is 1. The second kappa shape index (κ2) is 19.9. The molecule has 2 amide bonds. The van der Waals surface area contributed by atoms with E-state index in [0.29, 0.717) is 17.1 Å². The zero-order valence-electron chi connectivity index (χ0n) is 35.0. The largest absolute Gasteiger partial charge is 0.506 e. The topological polar surface area (TPSA) is 467 Å². The third-order valence-corrected chi connectivity index (χ3v) is 13.0. The summed E-state index contributed by atoms with van der Waals surface area (Å²) in [6.07, 6.45) is 0. The van der Waals surface area contributed by atoms with Crippen molar-refractivity contribution in [2.24, 2.45) is 41.5 Å². The molecule has 70 heavy (non-hydrogen) atoms. The third-order valence-electron chi connectivity index (χ3n) is 9.33. The number of primary amides is 1. The molecule has 6 rings (SSSR count). The number of fused-ring (bicyclic) bond motifs is 1. The van der Waals surface area contributed by atoms with Gasteiger partial charge in [0.25, 0.3) is 52.3 Å². The molecule has 29 nitrogen and oxygen atoms in total. The Labute approximate surface area is 393 Å². The Morgan fingerprint density at radius 1 is 0.671 bits per heavy atom. The van der Waals surface area contributed by atoms with Crippen LogP contribution in [0.1, 0.15) is 5.56 Å². The van der Waals surface area contributed by atoms with E-state index in [1.807, 2.05) is 0 Å². The van der Waals surface area contributed by atoms with Crippen molar-refractivity contribution in [3.05, 3.63) is 72.3 Å². The van der Waals surface area contributed by atoms with Gasteiger partial charge in [-0.3, -0.25) is 27.8 Å². The number of aromatic hydroxyl groups is 2. The summed E-state index contributed by atoms with van der Waals surface area (Å²) >= 11 is 0. The summed E-state index contributed by atoms with van der Waals surface area (Å²) in [4.78, 5) is 21.9. The normalized spacial score (nSPS) is 14.9. The first-order valence-corrected chi connectivity index (χ1v) is 24.7. The fourth-order valence-electron chi connectivity index (χ4n) is 6.29. The lowest BCUT2D eigenvalue weighted by Crippen LogP contribution is -2.35. The van der Waals surface area contributed by atoms with E-state index in [4.69, 9.17) is 15.2 Å². The van der Waals surface area contributed by atoms with Crippen molar-refractivity contribution < 1.29 is 91.4 Å². The maximum absolute atomic E-state index is 13.4. The molecule has 1 aliphatic rings. The van der Waals surface area contributed by atoms with Crippen LogP contribution in [-0.2, 0) is 50.1 Å². The highest BCUT2D eigenvalue weighted by Crippen LogP contribution is 2.47. The summed E-state index contributed by atoms with van der Waals surface area (Å²) in [5.41, 5.74) is 1.61. The number of nitrogens with two attached hydrogens (primary N) is 1. The number of amides is 2. The van der Waals surface area contributed by atoms with E-state index in [9.17, 15) is 81.9 Å². The second-order valence-electron chi connectivity index (χ2n) is 14.0. The molecule has 0 aliphatic carbocycles. The van der Waals surface area contributed by atoms with Crippen molar-refractivity contribution in [3.8, 4) is 23.0 Å². The number of carbonyl (C=O) groups is 2. The van der Waals surface area contributed by atoms with Gasteiger partial charge in [-0.15, -0.1) is 20.5 Å². The van der Waals surface area contributed by atoms with Crippen molar-refractivity contribution >= 4 is 103 Å². The van der Waals surface area contributed by atoms with Crippen LogP contribution >= 0.6 is 0 Å². The van der Waals surface area contributed by atoms with Gasteiger partial charge in [0.2, 0.25) is 6.04 Å². The predicted molar refractivity (Wildman–Crippen MR) is 237 cm³/mol. The highest BCUT2D eigenvalue weighted by molar-refractivity contribution is 7.87. The van der Waals surface area contributed by atoms with Gasteiger partial charge in [-0.1, -0.05) is 0 Å². The highest BCUT2D eigenvalue weighted by atomic mass is 32.2. The van der Waals surface area contributed by atoms with E-state index in [0.717, 1.165) is 54.6 Å². The minimum absolute atomic E-state index is 0.0374. The number of benzene rings is 5. The smallest absolute Gasteiger partial charge is 0.297 e. The number of nitrogens with zero attached hydrogens (tertiary/aromatic N) is 8. The maximum atomic E-state index is 13.4. The van der Waals surface area contributed by atoms with Crippen LogP contribution in [0.25, 0.3) is 10.8 Å². The summed E-state index contributed by atoms with van der Waals surface area (Å²) in [6, 6.07) is 7.88. The van der Waals surface area contributed by atoms with E-state index in [1.54, 1.807) is 0 Å². The summed E-state index contributed by atoms with van der Waals surface area (Å²) < 4.78 is 148. The molecule has 0 bridgehead atoms. The number of hydrogen-bond acceptors (Lipinski definition) is 23. The maximum Gasteiger partial charge on any atom is 0.297 e. The van der Waals surface area contributed by atoms with Crippen molar-refractivity contribution in [1.82, 2.24) is 0 Å². The Bertz CT molecular complexity index is 3570. The lowest BCUT2D eigenvalue weighted by molar-refractivity contribution is -0.118. The van der Waals surface area contributed by atoms with E-state index >= 15 is 0 Å². The van der Waals surface area contributed by atoms with Gasteiger partial charge in [0, 0.05) is 29.0 Å². The minimum atomic E-state index is -5.55. The molecular weight excluding hydrogens is 1020 g/mol. The molecule has 0 saturated heterocycles. The lowest BCUT2D eigenvalue weighted by Gasteiger charge is -2.14. The molecule has 5 aromatic rings. The summed E-state index contributed by atoms with van der Waals surface area (Å²) in [5, 5.41) is 66.7. The third kappa shape index (κ3) is 11.2. The van der Waals surface area contributed by atoms with Crippen LogP contribution < -0.4 is 20.2 Å². The fraction of sp³-hybridized carbons (Fsp3) is 0.162. The van der Waals surface area contributed by atoms with Crippen LogP contribution in [0.15, 0.2) is 122 Å². The fourth-order valence-corrected chi connectivity index (χ4v) is 8.97. The number of hydrogen-bond donors (Lipinski definition) is 9. The Morgan fingerprint density at radius 3 is 1.74 bits per heavy atom. The van der Waals surface area contributed by atoms with Crippen LogP contribution in [0, 0.1) is 6.92 Å². The molecule has 1 unspecified atom stereocenters. The van der Waals surface area contributed by atoms with Gasteiger partial charge in [0.05, 0.1) is 23.8 Å². The number of ether oxygens (including phenoxy) is 2. The number of aliphatic hydroxyl groups excluding tert-OH is 2. The summed E-state index contributed by atoms with van der Waals surface area (Å²) in [5.74, 6) is -4.97. The summed E-state index contributed by atoms with van der Waals surface area (Å²) in [7, 11) is -20.5. The van der Waals surface area contributed by atoms with Gasteiger partial charge in [0.15, 0.2) is 11.5 Å². The second-order valence-corrected chi connectivity index (χ2v) is 19.6. The van der Waals surface area contributed by atoms with Crippen molar-refractivity contribution in [2.45, 2.75) is 32.5 Å². The number of phenols is 2. The average molecular weight is 1050 g/mol. The summed E-state index contributed by atoms with van der Waals surface area (Å²) in [6.45, 7) is -0.699. The standard InChI is InChI=1S/C37H33N9O20S4/c1-17-12-23(26(49)16-29(17)68(56,57)58)40-41-24-14-28(66-11-9-48)25(15-27(24)65-10-8-47)42-43-31-30(69(59,60)61)13-21-20(34(31)50)6-7-22(35(21)70(62,63)64)39-44-33-32(36(38)51)45-46(37(33)52)18-2-4-19(5-3-18)67(53,54)55/h2-7,12-16,33,47-50H,8-11H2,1H3,(H2,38,51)(H,53,54,55)(H,56,57,58)(H,59,60,61)(H,62,63,64)/b41-40+,43-42+,44-39+. The zero-order valence-corrected chi connectivity index (χ0v) is 38.3. The van der Waals surface area contributed by atoms with Crippen molar-refractivity contribution in [3.63, 3.8) is 0 Å². The number of aryl methyl sites for hydroxylation is 1. The van der Waals surface area contributed by atoms with Gasteiger partial charge in [0.1, 0.15) is 73.6 Å². The number of rotatable bonds is 18. The molecule has 0 saturated carbocycles. The SMILES string of the molecule is Cc1cc(/N=N/c2cc(OCCO)c(/N=N/c3c(S(=O)(=O)O)cc4c(S(=O)(=O)O)c(/N=N/C5C(=O)N(c6ccc(S(=O)(=O)O)cc6)N=C5C(N)=O)ccc4c3O)cc2OCCO)c(O)cc1S(=O)(=O)O. The van der Waals surface area contributed by atoms with Crippen molar-refractivity contribution in [1.29, 1.82) is 0 Å². The van der Waals surface area contributed by atoms with Crippen LogP contribution in [0.5, 0.6) is 23.0 Å². The van der Waals surface area contributed by atoms with Crippen molar-refractivity contribution in [2.75, 3.05) is 31.4 Å². The van der Waals surface area contributed by atoms with E-state index in [1.165, 1.54) is 6.92 Å². The van der Waals surface area contributed by atoms with Gasteiger partial charge in [-0.2, -0.15) is 54.0 Å². The van der Waals surface area contributed by atoms with Crippen LogP contribution in [0.3, 0.4) is 0 Å². The molecule has 33 heteroatoms.